The largest absolute Gasteiger partial charge is 0.346 e. The Bertz CT molecular complexity index is 679. The van der Waals surface area contributed by atoms with Gasteiger partial charge >= 0.3 is 0 Å². The minimum absolute atomic E-state index is 0.707. The van der Waals surface area contributed by atoms with Crippen molar-refractivity contribution in [2.24, 2.45) is 7.05 Å². The van der Waals surface area contributed by atoms with Crippen LogP contribution in [0.25, 0.3) is 0 Å². The molecule has 0 radical (unpaired) electrons. The van der Waals surface area contributed by atoms with E-state index < -0.39 is 0 Å². The summed E-state index contributed by atoms with van der Waals surface area (Å²) in [5, 5.41) is 8.94. The fraction of sp³-hybridized carbons (Fsp3) is 0.375. The fourth-order valence-corrected chi connectivity index (χ4v) is 3.18. The Balaban J connectivity index is 1.49. The van der Waals surface area contributed by atoms with E-state index >= 15 is 0 Å². The second kappa shape index (κ2) is 7.29. The van der Waals surface area contributed by atoms with Gasteiger partial charge in [0.15, 0.2) is 5.11 Å². The lowest BCUT2D eigenvalue weighted by atomic mass is 10.2. The Hall–Kier alpha value is -1.63. The van der Waals surface area contributed by atoms with Crippen molar-refractivity contribution in [2.45, 2.75) is 6.54 Å². The van der Waals surface area contributed by atoms with Gasteiger partial charge in [-0.1, -0.05) is 17.7 Å². The van der Waals surface area contributed by atoms with Gasteiger partial charge in [-0.25, -0.2) is 0 Å². The second-order valence-electron chi connectivity index (χ2n) is 5.73. The highest BCUT2D eigenvalue weighted by Gasteiger charge is 2.19. The van der Waals surface area contributed by atoms with E-state index in [0.717, 1.165) is 43.5 Å². The number of halogens is 1. The SMILES string of the molecule is Cn1cc(CN2CCN(C(=S)Nc3cccc(Cl)c3)CC2)cn1. The van der Waals surface area contributed by atoms with E-state index in [4.69, 9.17) is 23.8 Å². The molecule has 7 heteroatoms. The Morgan fingerprint density at radius 1 is 1.30 bits per heavy atom. The standard InChI is InChI=1S/C16H20ClN5S/c1-20-11-13(10-18-20)12-21-5-7-22(8-6-21)16(23)19-15-4-2-3-14(17)9-15/h2-4,9-11H,5-8,12H2,1H3,(H,19,23). The molecular weight excluding hydrogens is 330 g/mol. The summed E-state index contributed by atoms with van der Waals surface area (Å²) in [6.45, 7) is 4.77. The molecule has 1 aliphatic heterocycles. The van der Waals surface area contributed by atoms with Gasteiger partial charge < -0.3 is 10.2 Å². The highest BCUT2D eigenvalue weighted by atomic mass is 35.5. The number of thiocarbonyl (C=S) groups is 1. The fourth-order valence-electron chi connectivity index (χ4n) is 2.69. The zero-order valence-corrected chi connectivity index (χ0v) is 14.6. The van der Waals surface area contributed by atoms with Gasteiger partial charge in [0.2, 0.25) is 0 Å². The minimum atomic E-state index is 0.707. The van der Waals surface area contributed by atoms with Gasteiger partial charge in [0.05, 0.1) is 6.20 Å². The smallest absolute Gasteiger partial charge is 0.173 e. The average molecular weight is 350 g/mol. The lowest BCUT2D eigenvalue weighted by Crippen LogP contribution is -2.49. The molecule has 122 valence electrons. The summed E-state index contributed by atoms with van der Waals surface area (Å²) < 4.78 is 1.84. The van der Waals surface area contributed by atoms with Gasteiger partial charge in [0.25, 0.3) is 0 Å². The van der Waals surface area contributed by atoms with E-state index in [-0.39, 0.29) is 0 Å². The monoisotopic (exact) mass is 349 g/mol. The summed E-state index contributed by atoms with van der Waals surface area (Å²) in [6.07, 6.45) is 4.00. The summed E-state index contributed by atoms with van der Waals surface area (Å²) >= 11 is 11.5. The molecule has 1 N–H and O–H groups in total. The lowest BCUT2D eigenvalue weighted by Gasteiger charge is -2.36. The normalized spacial score (nSPS) is 15.7. The van der Waals surface area contributed by atoms with Crippen molar-refractivity contribution in [1.82, 2.24) is 19.6 Å². The van der Waals surface area contributed by atoms with Crippen molar-refractivity contribution in [1.29, 1.82) is 0 Å². The quantitative estimate of drug-likeness (QED) is 0.862. The summed E-state index contributed by atoms with van der Waals surface area (Å²) in [5.74, 6) is 0. The summed E-state index contributed by atoms with van der Waals surface area (Å²) in [7, 11) is 1.95. The van der Waals surface area contributed by atoms with Crippen molar-refractivity contribution >= 4 is 34.6 Å². The number of rotatable bonds is 3. The molecule has 23 heavy (non-hydrogen) atoms. The van der Waals surface area contributed by atoms with Crippen molar-refractivity contribution < 1.29 is 0 Å². The minimum Gasteiger partial charge on any atom is -0.346 e. The first-order chi connectivity index (χ1) is 11.1. The Kier molecular flexibility index (Phi) is 5.15. The van der Waals surface area contributed by atoms with Crippen LogP contribution in [0.3, 0.4) is 0 Å². The molecule has 3 rings (SSSR count). The Morgan fingerprint density at radius 3 is 2.74 bits per heavy atom. The first-order valence-electron chi connectivity index (χ1n) is 7.61. The van der Waals surface area contributed by atoms with Crippen LogP contribution in [0.2, 0.25) is 5.02 Å². The summed E-state index contributed by atoms with van der Waals surface area (Å²) in [6, 6.07) is 7.62. The zero-order valence-electron chi connectivity index (χ0n) is 13.1. The van der Waals surface area contributed by atoms with Crippen LogP contribution in [0.15, 0.2) is 36.7 Å². The van der Waals surface area contributed by atoms with Gasteiger partial charge in [-0.2, -0.15) is 5.10 Å². The topological polar surface area (TPSA) is 36.3 Å². The van der Waals surface area contributed by atoms with Crippen LogP contribution in [0.4, 0.5) is 5.69 Å². The van der Waals surface area contributed by atoms with Gasteiger partial charge in [-0.05, 0) is 30.4 Å². The van der Waals surface area contributed by atoms with Crippen LogP contribution < -0.4 is 5.32 Å². The molecule has 1 aromatic carbocycles. The molecule has 0 unspecified atom stereocenters. The molecule has 1 aromatic heterocycles. The number of hydrogen-bond acceptors (Lipinski definition) is 3. The van der Waals surface area contributed by atoms with Crippen molar-refractivity contribution in [3.8, 4) is 0 Å². The molecule has 2 aromatic rings. The number of nitrogens with one attached hydrogen (secondary N) is 1. The number of aromatic nitrogens is 2. The Labute approximate surface area is 146 Å². The second-order valence-corrected chi connectivity index (χ2v) is 6.55. The number of hydrogen-bond donors (Lipinski definition) is 1. The maximum absolute atomic E-state index is 6.00. The van der Waals surface area contributed by atoms with E-state index in [0.29, 0.717) is 5.02 Å². The molecule has 0 spiro atoms. The molecule has 2 heterocycles. The molecule has 1 fully saturated rings. The number of benzene rings is 1. The maximum Gasteiger partial charge on any atom is 0.173 e. The lowest BCUT2D eigenvalue weighted by molar-refractivity contribution is 0.177. The molecular formula is C16H20ClN5S. The number of piperazine rings is 1. The van der Waals surface area contributed by atoms with Crippen LogP contribution in [-0.2, 0) is 13.6 Å². The third kappa shape index (κ3) is 4.43. The predicted molar refractivity (Wildman–Crippen MR) is 97.7 cm³/mol. The number of anilines is 1. The van der Waals surface area contributed by atoms with E-state index in [2.05, 4.69) is 26.4 Å². The van der Waals surface area contributed by atoms with E-state index in [1.165, 1.54) is 5.56 Å². The Morgan fingerprint density at radius 2 is 2.09 bits per heavy atom. The van der Waals surface area contributed by atoms with Crippen LogP contribution in [0, 0.1) is 0 Å². The first-order valence-corrected chi connectivity index (χ1v) is 8.40. The maximum atomic E-state index is 6.00. The van der Waals surface area contributed by atoms with Gasteiger partial charge in [-0.15, -0.1) is 0 Å². The molecule has 0 amide bonds. The molecule has 0 saturated carbocycles. The molecule has 1 aliphatic rings. The first kappa shape index (κ1) is 16.2. The number of aryl methyl sites for hydroxylation is 1. The molecule has 0 atom stereocenters. The summed E-state index contributed by atoms with van der Waals surface area (Å²) in [5.41, 5.74) is 2.18. The van der Waals surface area contributed by atoms with Crippen molar-refractivity contribution in [3.05, 3.63) is 47.2 Å². The van der Waals surface area contributed by atoms with E-state index in [1.807, 2.05) is 42.2 Å². The van der Waals surface area contributed by atoms with Gasteiger partial charge in [0, 0.05) is 62.2 Å². The highest BCUT2D eigenvalue weighted by molar-refractivity contribution is 7.80. The van der Waals surface area contributed by atoms with Crippen LogP contribution in [-0.4, -0.2) is 50.9 Å². The van der Waals surface area contributed by atoms with Crippen LogP contribution in [0.5, 0.6) is 0 Å². The molecule has 0 aliphatic carbocycles. The van der Waals surface area contributed by atoms with Crippen molar-refractivity contribution in [3.63, 3.8) is 0 Å². The molecule has 0 bridgehead atoms. The predicted octanol–water partition coefficient (Wildman–Crippen LogP) is 2.59. The third-order valence-corrected chi connectivity index (χ3v) is 4.50. The van der Waals surface area contributed by atoms with E-state index in [9.17, 15) is 0 Å². The van der Waals surface area contributed by atoms with E-state index in [1.54, 1.807) is 0 Å². The van der Waals surface area contributed by atoms with Gasteiger partial charge in [-0.3, -0.25) is 9.58 Å². The summed E-state index contributed by atoms with van der Waals surface area (Å²) in [4.78, 5) is 4.63. The average Bonchev–Trinajstić information content (AvgIpc) is 2.93. The van der Waals surface area contributed by atoms with Crippen LogP contribution >= 0.6 is 23.8 Å². The van der Waals surface area contributed by atoms with Crippen LogP contribution in [0.1, 0.15) is 5.56 Å². The zero-order chi connectivity index (χ0) is 16.2. The van der Waals surface area contributed by atoms with Crippen molar-refractivity contribution in [2.75, 3.05) is 31.5 Å². The van der Waals surface area contributed by atoms with Gasteiger partial charge in [0.1, 0.15) is 0 Å². The molecule has 1 saturated heterocycles. The third-order valence-electron chi connectivity index (χ3n) is 3.90. The molecule has 5 nitrogen and oxygen atoms in total. The number of nitrogens with zero attached hydrogens (tertiary/aromatic N) is 4. The highest BCUT2D eigenvalue weighted by Crippen LogP contribution is 2.16.